The zero-order chi connectivity index (χ0) is 13.2. The van der Waals surface area contributed by atoms with Gasteiger partial charge in [0.25, 0.3) is 0 Å². The van der Waals surface area contributed by atoms with Gasteiger partial charge in [-0.05, 0) is 18.2 Å². The third-order valence-corrected chi connectivity index (χ3v) is 2.54. The van der Waals surface area contributed by atoms with Crippen molar-refractivity contribution in [2.75, 3.05) is 0 Å². The Morgan fingerprint density at radius 1 is 1.32 bits per heavy atom. The van der Waals surface area contributed by atoms with Gasteiger partial charge in [0, 0.05) is 0 Å². The first-order valence-electron chi connectivity index (χ1n) is 5.45. The highest BCUT2D eigenvalue weighted by Crippen LogP contribution is 2.15. The Morgan fingerprint density at radius 3 is 2.95 bits per heavy atom. The quantitative estimate of drug-likeness (QED) is 0.409. The second kappa shape index (κ2) is 4.37. The van der Waals surface area contributed by atoms with E-state index in [1.54, 1.807) is 11.0 Å². The van der Waals surface area contributed by atoms with E-state index < -0.39 is 4.92 Å². The summed E-state index contributed by atoms with van der Waals surface area (Å²) >= 11 is 0. The van der Waals surface area contributed by atoms with E-state index in [4.69, 9.17) is 4.42 Å². The molecule has 0 amide bonds. The molecule has 7 heteroatoms. The summed E-state index contributed by atoms with van der Waals surface area (Å²) in [6.07, 6.45) is 2.97. The monoisotopic (exact) mass is 256 g/mol. The lowest BCUT2D eigenvalue weighted by molar-refractivity contribution is -0.402. The maximum Gasteiger partial charge on any atom is 0.433 e. The summed E-state index contributed by atoms with van der Waals surface area (Å²) in [4.78, 5) is 14.1. The summed E-state index contributed by atoms with van der Waals surface area (Å²) in [5, 5.41) is 14.6. The van der Waals surface area contributed by atoms with Crippen molar-refractivity contribution in [3.8, 4) is 0 Å². The fourth-order valence-electron chi connectivity index (χ4n) is 1.67. The van der Waals surface area contributed by atoms with E-state index in [1.165, 1.54) is 18.3 Å². The van der Waals surface area contributed by atoms with E-state index in [0.717, 1.165) is 11.0 Å². The molecule has 7 nitrogen and oxygen atoms in total. The Balaban J connectivity index is 1.91. The smallest absolute Gasteiger partial charge is 0.400 e. The van der Waals surface area contributed by atoms with Crippen LogP contribution in [-0.2, 0) is 0 Å². The maximum atomic E-state index is 10.5. The summed E-state index contributed by atoms with van der Waals surface area (Å²) in [7, 11) is 0. The number of benzene rings is 1. The van der Waals surface area contributed by atoms with Crippen LogP contribution in [0.2, 0.25) is 0 Å². The van der Waals surface area contributed by atoms with Gasteiger partial charge in [0.15, 0.2) is 5.76 Å². The molecule has 0 saturated heterocycles. The molecule has 94 valence electrons. The average Bonchev–Trinajstić information content (AvgIpc) is 3.03. The van der Waals surface area contributed by atoms with Crippen LogP contribution >= 0.6 is 0 Å². The summed E-state index contributed by atoms with van der Waals surface area (Å²) in [5.74, 6) is 0.00132. The topological polar surface area (TPSA) is 86.5 Å². The lowest BCUT2D eigenvalue weighted by atomic mass is 10.3. The van der Waals surface area contributed by atoms with Crippen LogP contribution in [0.5, 0.6) is 0 Å². The molecule has 0 aliphatic heterocycles. The molecule has 3 aromatic rings. The molecule has 3 rings (SSSR count). The normalized spacial score (nSPS) is 11.4. The fraction of sp³-hybridized carbons (Fsp3) is 0. The number of hydrogen-bond donors (Lipinski definition) is 0. The van der Waals surface area contributed by atoms with Crippen LogP contribution in [0.4, 0.5) is 5.88 Å². The number of nitro groups is 1. The zero-order valence-corrected chi connectivity index (χ0v) is 9.63. The van der Waals surface area contributed by atoms with Crippen molar-refractivity contribution in [2.24, 2.45) is 5.10 Å². The van der Waals surface area contributed by atoms with Gasteiger partial charge in [-0.1, -0.05) is 12.1 Å². The molecule has 0 fully saturated rings. The summed E-state index contributed by atoms with van der Waals surface area (Å²) < 4.78 is 6.55. The fourth-order valence-corrected chi connectivity index (χ4v) is 1.67. The summed E-state index contributed by atoms with van der Waals surface area (Å²) in [5.41, 5.74) is 1.67. The van der Waals surface area contributed by atoms with Crippen LogP contribution in [0.1, 0.15) is 5.76 Å². The Bertz CT molecular complexity index is 772. The first-order valence-corrected chi connectivity index (χ1v) is 5.45. The molecule has 2 aromatic heterocycles. The largest absolute Gasteiger partial charge is 0.433 e. The van der Waals surface area contributed by atoms with Gasteiger partial charge in [-0.15, -0.1) is 0 Å². The van der Waals surface area contributed by atoms with E-state index in [0.29, 0.717) is 5.76 Å². The van der Waals surface area contributed by atoms with Gasteiger partial charge in [0.2, 0.25) is 0 Å². The number of imidazole rings is 1. The van der Waals surface area contributed by atoms with Crippen LogP contribution in [0.15, 0.2) is 52.2 Å². The molecule has 19 heavy (non-hydrogen) atoms. The van der Waals surface area contributed by atoms with E-state index in [9.17, 15) is 10.1 Å². The van der Waals surface area contributed by atoms with Crippen molar-refractivity contribution < 1.29 is 9.34 Å². The Morgan fingerprint density at radius 2 is 2.16 bits per heavy atom. The molecule has 0 atom stereocenters. The van der Waals surface area contributed by atoms with Crippen molar-refractivity contribution in [3.05, 3.63) is 58.6 Å². The minimum Gasteiger partial charge on any atom is -0.400 e. The third-order valence-electron chi connectivity index (χ3n) is 2.54. The predicted molar refractivity (Wildman–Crippen MR) is 68.1 cm³/mol. The molecule has 0 unspecified atom stereocenters. The van der Waals surface area contributed by atoms with Gasteiger partial charge in [0.05, 0.1) is 23.3 Å². The summed E-state index contributed by atoms with van der Waals surface area (Å²) in [6.45, 7) is 0. The first kappa shape index (κ1) is 11.1. The number of rotatable bonds is 3. The first-order chi connectivity index (χ1) is 9.24. The highest BCUT2D eigenvalue weighted by Gasteiger charge is 2.10. The van der Waals surface area contributed by atoms with E-state index >= 15 is 0 Å². The van der Waals surface area contributed by atoms with Crippen LogP contribution < -0.4 is 0 Å². The van der Waals surface area contributed by atoms with Crippen LogP contribution in [0, 0.1) is 10.1 Å². The second-order valence-electron chi connectivity index (χ2n) is 3.76. The Labute approximate surface area is 106 Å². The highest BCUT2D eigenvalue weighted by atomic mass is 16.6. The zero-order valence-electron chi connectivity index (χ0n) is 9.63. The molecule has 0 saturated carbocycles. The molecule has 0 aliphatic carbocycles. The Kier molecular flexibility index (Phi) is 2.57. The number of aromatic nitrogens is 2. The lowest BCUT2D eigenvalue weighted by Crippen LogP contribution is -1.87. The number of hydrogen-bond acceptors (Lipinski definition) is 5. The SMILES string of the molecule is O=[N+]([O-])c1ccc(/C=N\n2cnc3ccccc32)o1. The minimum absolute atomic E-state index is 0.308. The second-order valence-corrected chi connectivity index (χ2v) is 3.76. The third kappa shape index (κ3) is 2.08. The van der Waals surface area contributed by atoms with Crippen LogP contribution in [0.25, 0.3) is 11.0 Å². The molecule has 0 spiro atoms. The van der Waals surface area contributed by atoms with Crippen molar-refractivity contribution in [1.82, 2.24) is 9.66 Å². The molecule has 1 aromatic carbocycles. The molecule has 0 radical (unpaired) electrons. The van der Waals surface area contributed by atoms with E-state index in [-0.39, 0.29) is 5.88 Å². The molecule has 0 N–H and O–H groups in total. The van der Waals surface area contributed by atoms with Gasteiger partial charge in [-0.2, -0.15) is 5.10 Å². The predicted octanol–water partition coefficient (Wildman–Crippen LogP) is 2.42. The van der Waals surface area contributed by atoms with E-state index in [2.05, 4.69) is 10.1 Å². The molecule has 2 heterocycles. The molecule has 0 aliphatic rings. The minimum atomic E-state index is -0.593. The van der Waals surface area contributed by atoms with Gasteiger partial charge < -0.3 is 4.42 Å². The van der Waals surface area contributed by atoms with E-state index in [1.807, 2.05) is 24.3 Å². The molecular formula is C12H8N4O3. The maximum absolute atomic E-state index is 10.5. The molecule has 0 bridgehead atoms. The number of furan rings is 1. The van der Waals surface area contributed by atoms with Gasteiger partial charge in [-0.25, -0.2) is 9.66 Å². The number of fused-ring (bicyclic) bond motifs is 1. The lowest BCUT2D eigenvalue weighted by Gasteiger charge is -1.93. The van der Waals surface area contributed by atoms with Crippen molar-refractivity contribution in [3.63, 3.8) is 0 Å². The van der Waals surface area contributed by atoms with Gasteiger partial charge in [-0.3, -0.25) is 10.1 Å². The van der Waals surface area contributed by atoms with Crippen molar-refractivity contribution in [2.45, 2.75) is 0 Å². The number of para-hydroxylation sites is 2. The molecular weight excluding hydrogens is 248 g/mol. The average molecular weight is 256 g/mol. The number of nitrogens with zero attached hydrogens (tertiary/aromatic N) is 4. The van der Waals surface area contributed by atoms with Crippen molar-refractivity contribution >= 4 is 23.1 Å². The summed E-state index contributed by atoms with van der Waals surface area (Å²) in [6, 6.07) is 10.3. The van der Waals surface area contributed by atoms with Crippen molar-refractivity contribution in [1.29, 1.82) is 0 Å². The Hall–Kier alpha value is -2.96. The standard InChI is InChI=1S/C12H8N4O3/c17-16(18)12-6-5-9(19-12)7-14-15-8-13-10-3-1-2-4-11(10)15/h1-8H/b14-7-. The van der Waals surface area contributed by atoms with Gasteiger partial charge >= 0.3 is 5.88 Å². The highest BCUT2D eigenvalue weighted by molar-refractivity contribution is 5.79. The van der Waals surface area contributed by atoms with Crippen LogP contribution in [0.3, 0.4) is 0 Å². The van der Waals surface area contributed by atoms with Gasteiger partial charge in [0.1, 0.15) is 11.3 Å². The van der Waals surface area contributed by atoms with Crippen LogP contribution in [-0.4, -0.2) is 20.8 Å².